The van der Waals surface area contributed by atoms with E-state index in [0.29, 0.717) is 0 Å². The number of unbranched alkanes of at least 4 members (excludes halogenated alkanes) is 13. The first-order valence-corrected chi connectivity index (χ1v) is 11.0. The van der Waals surface area contributed by atoms with Crippen molar-refractivity contribution in [1.82, 2.24) is 0 Å². The van der Waals surface area contributed by atoms with E-state index < -0.39 is 0 Å². The van der Waals surface area contributed by atoms with Gasteiger partial charge in [0.25, 0.3) is 0 Å². The molecule has 20 heavy (non-hydrogen) atoms. The van der Waals surface area contributed by atoms with Gasteiger partial charge in [0.15, 0.2) is 0 Å². The molecule has 0 fully saturated rings. The summed E-state index contributed by atoms with van der Waals surface area (Å²) in [6.07, 6.45) is 26.3. The van der Waals surface area contributed by atoms with Crippen LogP contribution in [0.15, 0.2) is 12.2 Å². The SMILES string of the molecule is CCCCCCCC/C=C\CCCCCCCC[CH2][Na]. The van der Waals surface area contributed by atoms with E-state index in [1.54, 1.807) is 0 Å². The van der Waals surface area contributed by atoms with Crippen molar-refractivity contribution in [3.8, 4) is 0 Å². The van der Waals surface area contributed by atoms with Gasteiger partial charge in [-0.1, -0.05) is 39.0 Å². The summed E-state index contributed by atoms with van der Waals surface area (Å²) in [5, 5.41) is 0. The van der Waals surface area contributed by atoms with Crippen molar-refractivity contribution in [2.24, 2.45) is 0 Å². The summed E-state index contributed by atoms with van der Waals surface area (Å²) in [4.78, 5) is 0. The van der Waals surface area contributed by atoms with Gasteiger partial charge in [0, 0.05) is 0 Å². The van der Waals surface area contributed by atoms with Gasteiger partial charge >= 0.3 is 102 Å². The molecule has 0 spiro atoms. The summed E-state index contributed by atoms with van der Waals surface area (Å²) in [5.41, 5.74) is 0. The van der Waals surface area contributed by atoms with Crippen molar-refractivity contribution in [2.45, 2.75) is 107 Å². The Kier molecular flexibility index (Phi) is 20.5. The molecular formula is C19H37Na. The molecule has 0 saturated carbocycles. The van der Waals surface area contributed by atoms with Crippen LogP contribution in [0.5, 0.6) is 0 Å². The first-order valence-electron chi connectivity index (χ1n) is 9.56. The topological polar surface area (TPSA) is 0 Å². The Morgan fingerprint density at radius 2 is 0.950 bits per heavy atom. The second-order valence-electron chi connectivity index (χ2n) is 6.29. The summed E-state index contributed by atoms with van der Waals surface area (Å²) in [6.45, 7) is 2.29. The number of rotatable bonds is 16. The molecule has 0 heterocycles. The fraction of sp³-hybridized carbons (Fsp3) is 0.895. The fourth-order valence-corrected chi connectivity index (χ4v) is 3.17. The molecule has 0 rings (SSSR count). The van der Waals surface area contributed by atoms with Crippen LogP contribution in [0.3, 0.4) is 0 Å². The van der Waals surface area contributed by atoms with Gasteiger partial charge in [-0.25, -0.2) is 0 Å². The standard InChI is InChI=1S/C19H37.Na/c1-3-5-7-9-11-13-15-17-19-18-16-14-12-10-8-6-4-2;/h18-19H,1,3-17H2,2H3;/b19-18-;. The number of hydrogen-bond acceptors (Lipinski definition) is 0. The van der Waals surface area contributed by atoms with Crippen molar-refractivity contribution in [3.05, 3.63) is 12.2 Å². The van der Waals surface area contributed by atoms with Crippen LogP contribution >= 0.6 is 0 Å². The average molecular weight is 288 g/mol. The molecule has 0 aliphatic heterocycles. The second-order valence-corrected chi connectivity index (χ2v) is 7.29. The molecule has 0 unspecified atom stereocenters. The van der Waals surface area contributed by atoms with Gasteiger partial charge in [-0.05, 0) is 6.42 Å². The first kappa shape index (κ1) is 20.7. The monoisotopic (exact) mass is 288 g/mol. The van der Waals surface area contributed by atoms with Crippen molar-refractivity contribution >= 4 is 27.9 Å². The normalized spacial score (nSPS) is 11.6. The van der Waals surface area contributed by atoms with Crippen molar-refractivity contribution < 1.29 is 0 Å². The van der Waals surface area contributed by atoms with Gasteiger partial charge in [-0.3, -0.25) is 0 Å². The number of allylic oxidation sites excluding steroid dienone is 2. The summed E-state index contributed by atoms with van der Waals surface area (Å²) >= 11 is 1.40. The van der Waals surface area contributed by atoms with Gasteiger partial charge in [0.1, 0.15) is 0 Å². The van der Waals surface area contributed by atoms with Crippen LogP contribution in [0.25, 0.3) is 0 Å². The van der Waals surface area contributed by atoms with Crippen LogP contribution in [0.1, 0.15) is 103 Å². The zero-order valence-electron chi connectivity index (χ0n) is 14.5. The first-order chi connectivity index (χ1) is 9.91. The van der Waals surface area contributed by atoms with Crippen LogP contribution in [-0.2, 0) is 0 Å². The predicted molar refractivity (Wildman–Crippen MR) is 94.6 cm³/mol. The van der Waals surface area contributed by atoms with E-state index in [4.69, 9.17) is 0 Å². The van der Waals surface area contributed by atoms with E-state index in [1.165, 1.54) is 128 Å². The van der Waals surface area contributed by atoms with Crippen molar-refractivity contribution in [2.75, 3.05) is 0 Å². The zero-order valence-corrected chi connectivity index (χ0v) is 16.5. The molecule has 114 valence electrons. The van der Waals surface area contributed by atoms with Crippen molar-refractivity contribution in [1.29, 1.82) is 0 Å². The van der Waals surface area contributed by atoms with Crippen LogP contribution in [-0.4, -0.2) is 27.9 Å². The Morgan fingerprint density at radius 1 is 0.550 bits per heavy atom. The second kappa shape index (κ2) is 19.7. The van der Waals surface area contributed by atoms with E-state index in [9.17, 15) is 0 Å². The molecule has 0 aromatic rings. The Hall–Kier alpha value is 0.740. The van der Waals surface area contributed by atoms with Crippen LogP contribution in [0.2, 0.25) is 3.67 Å². The molecule has 0 nitrogen and oxygen atoms in total. The molecule has 0 aromatic heterocycles. The molecule has 0 aliphatic carbocycles. The molecule has 0 aliphatic rings. The summed E-state index contributed by atoms with van der Waals surface area (Å²) in [5.74, 6) is 0. The molecule has 0 bridgehead atoms. The van der Waals surface area contributed by atoms with Crippen molar-refractivity contribution in [3.63, 3.8) is 0 Å². The molecule has 0 atom stereocenters. The van der Waals surface area contributed by atoms with Gasteiger partial charge in [-0.2, -0.15) is 0 Å². The van der Waals surface area contributed by atoms with Gasteiger partial charge in [0.2, 0.25) is 0 Å². The molecule has 0 aromatic carbocycles. The minimum absolute atomic E-state index is 1.31. The third-order valence-electron chi connectivity index (χ3n) is 4.12. The van der Waals surface area contributed by atoms with Crippen LogP contribution in [0, 0.1) is 0 Å². The molecule has 0 radical (unpaired) electrons. The molecule has 0 amide bonds. The fourth-order valence-electron chi connectivity index (χ4n) is 2.67. The summed E-state index contributed by atoms with van der Waals surface area (Å²) < 4.78 is 1.50. The minimum atomic E-state index is 1.31. The Balaban J connectivity index is 3.01. The van der Waals surface area contributed by atoms with E-state index >= 15 is 0 Å². The van der Waals surface area contributed by atoms with Gasteiger partial charge < -0.3 is 0 Å². The van der Waals surface area contributed by atoms with Gasteiger partial charge in [0.05, 0.1) is 0 Å². The maximum atomic E-state index is 2.42. The van der Waals surface area contributed by atoms with E-state index in [-0.39, 0.29) is 0 Å². The Labute approximate surface area is 146 Å². The van der Waals surface area contributed by atoms with Gasteiger partial charge in [-0.15, -0.1) is 0 Å². The quantitative estimate of drug-likeness (QED) is 0.163. The Bertz CT molecular complexity index is 186. The third-order valence-corrected chi connectivity index (χ3v) is 4.82. The molecular weight excluding hydrogens is 251 g/mol. The van der Waals surface area contributed by atoms with Crippen LogP contribution in [0.4, 0.5) is 0 Å². The van der Waals surface area contributed by atoms with Crippen LogP contribution < -0.4 is 0 Å². The third kappa shape index (κ3) is 18.7. The average Bonchev–Trinajstić information content (AvgIpc) is 2.47. The predicted octanol–water partition coefficient (Wildman–Crippen LogP) is 7.00. The number of hydrogen-bond donors (Lipinski definition) is 0. The molecule has 0 N–H and O–H groups in total. The zero-order chi connectivity index (χ0) is 14.7. The van der Waals surface area contributed by atoms with E-state index in [2.05, 4.69) is 19.1 Å². The maximum absolute atomic E-state index is 2.42. The molecule has 0 saturated heterocycles. The summed E-state index contributed by atoms with van der Waals surface area (Å²) in [6, 6.07) is 0. The molecule has 1 heteroatoms. The summed E-state index contributed by atoms with van der Waals surface area (Å²) in [7, 11) is 0. The van der Waals surface area contributed by atoms with E-state index in [0.717, 1.165) is 0 Å². The van der Waals surface area contributed by atoms with E-state index in [1.807, 2.05) is 0 Å². The Morgan fingerprint density at radius 3 is 1.40 bits per heavy atom.